The molecule has 2 aromatic rings. The monoisotopic (exact) mass is 304 g/mol. The molecule has 2 heterocycles. The maximum Gasteiger partial charge on any atom is 0.151 e. The summed E-state index contributed by atoms with van der Waals surface area (Å²) in [6, 6.07) is 8.54. The molecule has 0 saturated carbocycles. The molecule has 5 heteroatoms. The SMILES string of the molecule is Cc1cc(C(F)=Cc2ccc(C3(F)CCOCC3)cc2)n[nH]1. The van der Waals surface area contributed by atoms with Gasteiger partial charge in [0.1, 0.15) is 11.4 Å². The van der Waals surface area contributed by atoms with Gasteiger partial charge in [-0.15, -0.1) is 0 Å². The Morgan fingerprint density at radius 2 is 1.95 bits per heavy atom. The van der Waals surface area contributed by atoms with Gasteiger partial charge in [-0.2, -0.15) is 5.10 Å². The number of nitrogens with one attached hydrogen (secondary N) is 1. The number of halogens is 2. The van der Waals surface area contributed by atoms with Crippen LogP contribution in [0.3, 0.4) is 0 Å². The van der Waals surface area contributed by atoms with Gasteiger partial charge in [0, 0.05) is 31.7 Å². The van der Waals surface area contributed by atoms with Crippen molar-refractivity contribution in [3.63, 3.8) is 0 Å². The fraction of sp³-hybridized carbons (Fsp3) is 0.353. The van der Waals surface area contributed by atoms with E-state index in [1.807, 2.05) is 6.92 Å². The zero-order chi connectivity index (χ0) is 15.6. The lowest BCUT2D eigenvalue weighted by Gasteiger charge is -2.29. The van der Waals surface area contributed by atoms with Gasteiger partial charge in [0.15, 0.2) is 5.83 Å². The number of alkyl halides is 1. The summed E-state index contributed by atoms with van der Waals surface area (Å²) >= 11 is 0. The molecule has 22 heavy (non-hydrogen) atoms. The maximum absolute atomic E-state index is 14.8. The molecule has 0 radical (unpaired) electrons. The fourth-order valence-electron chi connectivity index (χ4n) is 2.62. The summed E-state index contributed by atoms with van der Waals surface area (Å²) in [5, 5.41) is 6.57. The number of ether oxygens (including phenoxy) is 1. The van der Waals surface area contributed by atoms with Gasteiger partial charge in [-0.3, -0.25) is 5.10 Å². The minimum absolute atomic E-state index is 0.271. The number of hydrogen-bond donors (Lipinski definition) is 1. The number of aromatic nitrogens is 2. The Balaban J connectivity index is 1.79. The minimum atomic E-state index is -1.33. The van der Waals surface area contributed by atoms with Crippen LogP contribution in [-0.4, -0.2) is 23.4 Å². The smallest absolute Gasteiger partial charge is 0.151 e. The Hall–Kier alpha value is -2.01. The maximum atomic E-state index is 14.8. The van der Waals surface area contributed by atoms with Gasteiger partial charge >= 0.3 is 0 Å². The average molecular weight is 304 g/mol. The molecule has 3 rings (SSSR count). The summed E-state index contributed by atoms with van der Waals surface area (Å²) in [6.07, 6.45) is 2.13. The van der Waals surface area contributed by atoms with Gasteiger partial charge in [0.2, 0.25) is 0 Å². The molecule has 0 aliphatic carbocycles. The van der Waals surface area contributed by atoms with E-state index in [2.05, 4.69) is 10.2 Å². The zero-order valence-corrected chi connectivity index (χ0v) is 12.4. The molecule has 1 fully saturated rings. The lowest BCUT2D eigenvalue weighted by molar-refractivity contribution is -0.0114. The first-order valence-corrected chi connectivity index (χ1v) is 7.34. The highest BCUT2D eigenvalue weighted by molar-refractivity contribution is 5.75. The number of benzene rings is 1. The van der Waals surface area contributed by atoms with Crippen LogP contribution in [0.5, 0.6) is 0 Å². The molecule has 0 unspecified atom stereocenters. The summed E-state index contributed by atoms with van der Waals surface area (Å²) in [5.74, 6) is -0.418. The van der Waals surface area contributed by atoms with Crippen molar-refractivity contribution in [3.05, 3.63) is 52.8 Å². The number of aromatic amines is 1. The number of nitrogens with zero attached hydrogens (tertiary/aromatic N) is 1. The Morgan fingerprint density at radius 3 is 2.55 bits per heavy atom. The highest BCUT2D eigenvalue weighted by atomic mass is 19.1. The van der Waals surface area contributed by atoms with Gasteiger partial charge in [0.05, 0.1) is 0 Å². The van der Waals surface area contributed by atoms with Crippen LogP contribution in [0.4, 0.5) is 8.78 Å². The molecule has 0 bridgehead atoms. The van der Waals surface area contributed by atoms with Crippen LogP contribution in [0, 0.1) is 6.92 Å². The van der Waals surface area contributed by atoms with E-state index in [0.29, 0.717) is 37.2 Å². The summed E-state index contributed by atoms with van der Waals surface area (Å²) < 4.78 is 34.0. The van der Waals surface area contributed by atoms with Crippen LogP contribution >= 0.6 is 0 Å². The van der Waals surface area contributed by atoms with Crippen LogP contribution in [0.25, 0.3) is 11.9 Å². The fourth-order valence-corrected chi connectivity index (χ4v) is 2.62. The van der Waals surface area contributed by atoms with Crippen LogP contribution in [-0.2, 0) is 10.4 Å². The minimum Gasteiger partial charge on any atom is -0.381 e. The highest BCUT2D eigenvalue weighted by Crippen LogP contribution is 2.36. The van der Waals surface area contributed by atoms with Crippen LogP contribution in [0.2, 0.25) is 0 Å². The molecule has 1 aliphatic rings. The number of aryl methyl sites for hydroxylation is 1. The van der Waals surface area contributed by atoms with Crippen LogP contribution < -0.4 is 0 Å². The lowest BCUT2D eigenvalue weighted by Crippen LogP contribution is -2.29. The van der Waals surface area contributed by atoms with Crippen molar-refractivity contribution in [2.75, 3.05) is 13.2 Å². The normalized spacial score (nSPS) is 18.4. The quantitative estimate of drug-likeness (QED) is 0.924. The molecule has 1 aliphatic heterocycles. The molecule has 0 amide bonds. The first-order chi connectivity index (χ1) is 10.6. The van der Waals surface area contributed by atoms with Crippen molar-refractivity contribution >= 4 is 11.9 Å². The highest BCUT2D eigenvalue weighted by Gasteiger charge is 2.33. The summed E-state index contributed by atoms with van der Waals surface area (Å²) in [6.45, 7) is 2.68. The molecular weight excluding hydrogens is 286 g/mol. The summed E-state index contributed by atoms with van der Waals surface area (Å²) in [5.41, 5.74) is 1.04. The average Bonchev–Trinajstić information content (AvgIpc) is 2.95. The second-order valence-electron chi connectivity index (χ2n) is 5.63. The van der Waals surface area contributed by atoms with E-state index in [-0.39, 0.29) is 5.69 Å². The number of H-pyrrole nitrogens is 1. The van der Waals surface area contributed by atoms with E-state index in [1.165, 1.54) is 6.08 Å². The van der Waals surface area contributed by atoms with E-state index in [1.54, 1.807) is 30.3 Å². The summed E-state index contributed by atoms with van der Waals surface area (Å²) in [7, 11) is 0. The zero-order valence-electron chi connectivity index (χ0n) is 12.4. The second kappa shape index (κ2) is 6.01. The first-order valence-electron chi connectivity index (χ1n) is 7.34. The lowest BCUT2D eigenvalue weighted by atomic mass is 9.88. The molecule has 0 spiro atoms. The van der Waals surface area contributed by atoms with Crippen molar-refractivity contribution in [1.82, 2.24) is 10.2 Å². The molecular formula is C17H18F2N2O. The Morgan fingerprint density at radius 1 is 1.27 bits per heavy atom. The largest absolute Gasteiger partial charge is 0.381 e. The third kappa shape index (κ3) is 3.09. The number of hydrogen-bond acceptors (Lipinski definition) is 2. The van der Waals surface area contributed by atoms with E-state index in [0.717, 1.165) is 5.69 Å². The number of rotatable bonds is 3. The first kappa shape index (κ1) is 14.9. The molecule has 116 valence electrons. The van der Waals surface area contributed by atoms with E-state index in [4.69, 9.17) is 4.74 Å². The van der Waals surface area contributed by atoms with E-state index in [9.17, 15) is 8.78 Å². The van der Waals surface area contributed by atoms with Gasteiger partial charge in [-0.25, -0.2) is 8.78 Å². The van der Waals surface area contributed by atoms with E-state index < -0.39 is 11.5 Å². The predicted molar refractivity (Wildman–Crippen MR) is 81.6 cm³/mol. The molecule has 1 aromatic heterocycles. The predicted octanol–water partition coefficient (Wildman–Crippen LogP) is 4.16. The third-order valence-electron chi connectivity index (χ3n) is 3.96. The Kier molecular flexibility index (Phi) is 4.07. The van der Waals surface area contributed by atoms with Crippen molar-refractivity contribution in [1.29, 1.82) is 0 Å². The van der Waals surface area contributed by atoms with Gasteiger partial charge in [-0.05, 0) is 30.2 Å². The molecule has 1 N–H and O–H groups in total. The van der Waals surface area contributed by atoms with Gasteiger partial charge in [0.25, 0.3) is 0 Å². The Bertz CT molecular complexity index is 670. The van der Waals surface area contributed by atoms with Gasteiger partial charge in [-0.1, -0.05) is 24.3 Å². The van der Waals surface area contributed by atoms with E-state index >= 15 is 0 Å². The second-order valence-corrected chi connectivity index (χ2v) is 5.63. The topological polar surface area (TPSA) is 37.9 Å². The van der Waals surface area contributed by atoms with Crippen molar-refractivity contribution in [3.8, 4) is 0 Å². The van der Waals surface area contributed by atoms with Crippen molar-refractivity contribution < 1.29 is 13.5 Å². The standard InChI is InChI=1S/C17H18F2N2O/c1-12-10-16(21-20-12)15(18)11-13-2-4-14(5-3-13)17(19)6-8-22-9-7-17/h2-5,10-11H,6-9H2,1H3,(H,20,21). The summed E-state index contributed by atoms with van der Waals surface area (Å²) in [4.78, 5) is 0. The third-order valence-corrected chi connectivity index (χ3v) is 3.96. The van der Waals surface area contributed by atoms with Crippen LogP contribution in [0.1, 0.15) is 35.4 Å². The molecule has 1 saturated heterocycles. The molecule has 1 aromatic carbocycles. The van der Waals surface area contributed by atoms with Crippen molar-refractivity contribution in [2.45, 2.75) is 25.4 Å². The van der Waals surface area contributed by atoms with Gasteiger partial charge < -0.3 is 4.74 Å². The van der Waals surface area contributed by atoms with Crippen LogP contribution in [0.15, 0.2) is 30.3 Å². The molecule has 0 atom stereocenters. The van der Waals surface area contributed by atoms with Crippen molar-refractivity contribution in [2.24, 2.45) is 0 Å². The molecule has 3 nitrogen and oxygen atoms in total. The Labute approximate surface area is 128 Å².